The monoisotopic (exact) mass is 564 g/mol. The molecule has 0 amide bonds. The van der Waals surface area contributed by atoms with Crippen LogP contribution in [-0.2, 0) is 6.61 Å². The highest BCUT2D eigenvalue weighted by Gasteiger charge is 2.16. The summed E-state index contributed by atoms with van der Waals surface area (Å²) in [5, 5.41) is 14.8. The van der Waals surface area contributed by atoms with Crippen LogP contribution in [0, 0.1) is 11.3 Å². The Hall–Kier alpha value is -3.67. The summed E-state index contributed by atoms with van der Waals surface area (Å²) < 4.78 is 13.7. The molecule has 9 heteroatoms. The van der Waals surface area contributed by atoms with Crippen LogP contribution in [-0.4, -0.2) is 23.0 Å². The summed E-state index contributed by atoms with van der Waals surface area (Å²) in [7, 11) is 1.51. The molecular formula is C27H22BrClN4O3. The molecule has 0 saturated carbocycles. The Morgan fingerprint density at radius 3 is 2.72 bits per heavy atom. The largest absolute Gasteiger partial charge is 0.493 e. The molecule has 1 heterocycles. The molecular weight excluding hydrogens is 544 g/mol. The second-order valence-corrected chi connectivity index (χ2v) is 9.58. The summed E-state index contributed by atoms with van der Waals surface area (Å²) in [6, 6.07) is 18.0. The number of benzene rings is 3. The summed E-state index contributed by atoms with van der Waals surface area (Å²) >= 11 is 9.74. The lowest BCUT2D eigenvalue weighted by Gasteiger charge is -2.15. The zero-order valence-corrected chi connectivity index (χ0v) is 22.2. The molecule has 0 radical (unpaired) electrons. The third-order valence-electron chi connectivity index (χ3n) is 5.44. The maximum absolute atomic E-state index is 13.4. The van der Waals surface area contributed by atoms with Crippen molar-refractivity contribution < 1.29 is 9.47 Å². The van der Waals surface area contributed by atoms with Crippen LogP contribution in [0.15, 0.2) is 69.0 Å². The van der Waals surface area contributed by atoms with E-state index in [-0.39, 0.29) is 18.1 Å². The first-order valence-corrected chi connectivity index (χ1v) is 12.2. The van der Waals surface area contributed by atoms with E-state index in [9.17, 15) is 10.1 Å². The Labute approximate surface area is 221 Å². The molecule has 3 aromatic carbocycles. The van der Waals surface area contributed by atoms with Crippen LogP contribution in [0.4, 0.5) is 0 Å². The Kier molecular flexibility index (Phi) is 7.73. The third kappa shape index (κ3) is 5.27. The van der Waals surface area contributed by atoms with Gasteiger partial charge in [0.05, 0.1) is 35.9 Å². The lowest BCUT2D eigenvalue weighted by Crippen LogP contribution is -2.23. The van der Waals surface area contributed by atoms with E-state index in [4.69, 9.17) is 21.1 Å². The minimum absolute atomic E-state index is 0.0602. The first-order chi connectivity index (χ1) is 17.3. The summed E-state index contributed by atoms with van der Waals surface area (Å²) in [5.74, 6) is 1.24. The Morgan fingerprint density at radius 1 is 1.22 bits per heavy atom. The van der Waals surface area contributed by atoms with Crippen molar-refractivity contribution in [3.05, 3.63) is 97.0 Å². The zero-order valence-electron chi connectivity index (χ0n) is 19.8. The second-order valence-electron chi connectivity index (χ2n) is 8.23. The first-order valence-electron chi connectivity index (χ1n) is 11.1. The molecule has 0 bridgehead atoms. The molecule has 1 aromatic heterocycles. The SMILES string of the molecule is COc1cc(Cl)cc(C=Nn2c(C(C)C)nc3ccc(Br)cc3c2=O)c1OCc1ccccc1C#N. The predicted octanol–water partition coefficient (Wildman–Crippen LogP) is 6.28. The van der Waals surface area contributed by atoms with E-state index in [0.29, 0.717) is 44.4 Å². The van der Waals surface area contributed by atoms with Gasteiger partial charge in [0.1, 0.15) is 12.4 Å². The Bertz CT molecular complexity index is 1570. The van der Waals surface area contributed by atoms with Gasteiger partial charge >= 0.3 is 0 Å². The first kappa shape index (κ1) is 25.4. The molecule has 0 saturated heterocycles. The fourth-order valence-corrected chi connectivity index (χ4v) is 4.24. The molecule has 4 rings (SSSR count). The van der Waals surface area contributed by atoms with E-state index in [1.54, 1.807) is 36.4 Å². The Morgan fingerprint density at radius 2 is 2.00 bits per heavy atom. The minimum atomic E-state index is -0.291. The van der Waals surface area contributed by atoms with Crippen molar-refractivity contribution in [2.75, 3.05) is 7.11 Å². The summed E-state index contributed by atoms with van der Waals surface area (Å²) in [6.07, 6.45) is 1.50. The third-order valence-corrected chi connectivity index (χ3v) is 6.15. The van der Waals surface area contributed by atoms with Crippen LogP contribution in [0.25, 0.3) is 10.9 Å². The number of hydrogen-bond acceptors (Lipinski definition) is 6. The van der Waals surface area contributed by atoms with Gasteiger partial charge in [-0.2, -0.15) is 15.0 Å². The van der Waals surface area contributed by atoms with Gasteiger partial charge in [0.25, 0.3) is 5.56 Å². The number of rotatable bonds is 7. The molecule has 0 unspecified atom stereocenters. The average Bonchev–Trinajstić information content (AvgIpc) is 2.87. The molecule has 182 valence electrons. The van der Waals surface area contributed by atoms with Crippen LogP contribution in [0.3, 0.4) is 0 Å². The van der Waals surface area contributed by atoms with Crippen LogP contribution in [0.2, 0.25) is 5.02 Å². The van der Waals surface area contributed by atoms with E-state index in [1.165, 1.54) is 18.0 Å². The van der Waals surface area contributed by atoms with Gasteiger partial charge in [-0.15, -0.1) is 0 Å². The molecule has 36 heavy (non-hydrogen) atoms. The van der Waals surface area contributed by atoms with E-state index in [1.807, 2.05) is 32.0 Å². The second kappa shape index (κ2) is 10.9. The molecule has 0 spiro atoms. The normalized spacial score (nSPS) is 11.2. The van der Waals surface area contributed by atoms with Gasteiger partial charge in [-0.25, -0.2) is 4.98 Å². The summed E-state index contributed by atoms with van der Waals surface area (Å²) in [6.45, 7) is 4.02. The zero-order chi connectivity index (χ0) is 25.8. The number of methoxy groups -OCH3 is 1. The van der Waals surface area contributed by atoms with Crippen molar-refractivity contribution in [2.45, 2.75) is 26.4 Å². The molecule has 7 nitrogen and oxygen atoms in total. The van der Waals surface area contributed by atoms with E-state index in [0.717, 1.165) is 10.0 Å². The standard InChI is InChI=1S/C27H22BrClN4O3/c1-16(2)26-32-23-9-8-20(28)11-22(23)27(34)33(26)31-14-19-10-21(29)12-24(35-3)25(19)36-15-18-7-5-4-6-17(18)13-30/h4-12,14,16H,15H2,1-3H3. The molecule has 0 aliphatic heterocycles. The van der Waals surface area contributed by atoms with Crippen molar-refractivity contribution in [1.29, 1.82) is 5.26 Å². The molecule has 0 aliphatic carbocycles. The van der Waals surface area contributed by atoms with Gasteiger partial charge < -0.3 is 9.47 Å². The number of nitriles is 1. The van der Waals surface area contributed by atoms with Gasteiger partial charge in [0, 0.05) is 32.6 Å². The smallest absolute Gasteiger partial charge is 0.282 e. The van der Waals surface area contributed by atoms with Crippen molar-refractivity contribution in [1.82, 2.24) is 9.66 Å². The number of halogens is 2. The number of hydrogen-bond donors (Lipinski definition) is 0. The lowest BCUT2D eigenvalue weighted by atomic mass is 10.1. The highest BCUT2D eigenvalue weighted by atomic mass is 79.9. The van der Waals surface area contributed by atoms with Crippen molar-refractivity contribution in [2.24, 2.45) is 5.10 Å². The average molecular weight is 566 g/mol. The number of fused-ring (bicyclic) bond motifs is 1. The maximum Gasteiger partial charge on any atom is 0.282 e. The van der Waals surface area contributed by atoms with E-state index in [2.05, 4.69) is 32.1 Å². The highest BCUT2D eigenvalue weighted by Crippen LogP contribution is 2.35. The van der Waals surface area contributed by atoms with Gasteiger partial charge in [-0.3, -0.25) is 4.79 Å². The van der Waals surface area contributed by atoms with Gasteiger partial charge in [-0.1, -0.05) is 59.6 Å². The van der Waals surface area contributed by atoms with Crippen LogP contribution in [0.5, 0.6) is 11.5 Å². The van der Waals surface area contributed by atoms with Gasteiger partial charge in [-0.05, 0) is 30.3 Å². The molecule has 4 aromatic rings. The quantitative estimate of drug-likeness (QED) is 0.246. The van der Waals surface area contributed by atoms with Gasteiger partial charge in [0.2, 0.25) is 0 Å². The molecule has 0 N–H and O–H groups in total. The van der Waals surface area contributed by atoms with E-state index < -0.39 is 0 Å². The highest BCUT2D eigenvalue weighted by molar-refractivity contribution is 9.10. The van der Waals surface area contributed by atoms with Gasteiger partial charge in [0.15, 0.2) is 11.5 Å². The molecule has 0 fully saturated rings. The maximum atomic E-state index is 13.4. The lowest BCUT2D eigenvalue weighted by molar-refractivity contribution is 0.284. The van der Waals surface area contributed by atoms with Crippen LogP contribution in [0.1, 0.15) is 42.3 Å². The Balaban J connectivity index is 1.80. The number of nitrogens with zero attached hydrogens (tertiary/aromatic N) is 4. The predicted molar refractivity (Wildman–Crippen MR) is 144 cm³/mol. The van der Waals surface area contributed by atoms with Crippen LogP contribution < -0.4 is 15.0 Å². The number of aromatic nitrogens is 2. The molecule has 0 aliphatic rings. The van der Waals surface area contributed by atoms with E-state index >= 15 is 0 Å². The fraction of sp³-hybridized carbons (Fsp3) is 0.185. The van der Waals surface area contributed by atoms with Crippen molar-refractivity contribution in [3.63, 3.8) is 0 Å². The molecule has 0 atom stereocenters. The number of ether oxygens (including phenoxy) is 2. The summed E-state index contributed by atoms with van der Waals surface area (Å²) in [5.41, 5.74) is 2.05. The van der Waals surface area contributed by atoms with Crippen molar-refractivity contribution >= 4 is 44.6 Å². The summed E-state index contributed by atoms with van der Waals surface area (Å²) in [4.78, 5) is 18.0. The van der Waals surface area contributed by atoms with Crippen molar-refractivity contribution in [3.8, 4) is 17.6 Å². The fourth-order valence-electron chi connectivity index (χ4n) is 3.67. The van der Waals surface area contributed by atoms with Crippen LogP contribution >= 0.6 is 27.5 Å². The topological polar surface area (TPSA) is 89.5 Å². The minimum Gasteiger partial charge on any atom is -0.493 e.